The van der Waals surface area contributed by atoms with Gasteiger partial charge in [-0.1, -0.05) is 29.0 Å². The lowest BCUT2D eigenvalue weighted by molar-refractivity contribution is -0.141. The zero-order valence-electron chi connectivity index (χ0n) is 20.0. The minimum Gasteiger partial charge on any atom is -0.326 e. The summed E-state index contributed by atoms with van der Waals surface area (Å²) < 4.78 is 0. The number of likely N-dealkylation sites (tertiary alicyclic amines) is 1. The fourth-order valence-electron chi connectivity index (χ4n) is 7.20. The SMILES string of the molecule is O=C(CCN1C(=O)C2C3CC(C2C1=O)C1C(c2cccnc2)c2sc(=O)[nH]c2SC31)Nc1ccc(Cl)cc1. The quantitative estimate of drug-likeness (QED) is 0.452. The number of anilines is 1. The monoisotopic (exact) mass is 566 g/mol. The molecule has 7 atom stereocenters. The van der Waals surface area contributed by atoms with Crippen molar-refractivity contribution in [2.75, 3.05) is 11.9 Å². The van der Waals surface area contributed by atoms with Crippen LogP contribution >= 0.6 is 34.7 Å². The molecular formula is C27H23ClN4O4S2. The standard InChI is InChI=1S/C27H23ClN4O4S2/c28-13-3-5-14(6-4-13)30-17(33)7-9-32-25(34)20-15-10-16(21(20)26(32)35)22-19(15)18(12-2-1-8-29-11-12)23-24(37-22)31-27(36)38-23/h1-6,8,11,15-16,18-22H,7,9-10H2,(H,30,33)(H,31,36). The number of hydrogen-bond donors (Lipinski definition) is 2. The van der Waals surface area contributed by atoms with E-state index in [1.807, 2.05) is 18.3 Å². The first kappa shape index (κ1) is 24.1. The number of rotatable bonds is 5. The molecule has 2 aliphatic heterocycles. The maximum absolute atomic E-state index is 13.6. The Morgan fingerprint density at radius 3 is 2.61 bits per heavy atom. The van der Waals surface area contributed by atoms with Crippen molar-refractivity contribution < 1.29 is 14.4 Å². The smallest absolute Gasteiger partial charge is 0.305 e. The van der Waals surface area contributed by atoms with Crippen LogP contribution in [0.15, 0.2) is 58.6 Å². The number of thiazole rings is 1. The van der Waals surface area contributed by atoms with Crippen LogP contribution in [0.1, 0.15) is 29.2 Å². The normalized spacial score (nSPS) is 30.8. The number of imide groups is 1. The topological polar surface area (TPSA) is 112 Å². The molecule has 2 aromatic heterocycles. The molecule has 3 aromatic rings. The summed E-state index contributed by atoms with van der Waals surface area (Å²) >= 11 is 8.80. The van der Waals surface area contributed by atoms with Gasteiger partial charge in [0.1, 0.15) is 0 Å². The molecule has 7 rings (SSSR count). The number of halogens is 1. The molecule has 0 spiro atoms. The van der Waals surface area contributed by atoms with Gasteiger partial charge in [-0.05, 0) is 60.1 Å². The van der Waals surface area contributed by atoms with Crippen molar-refractivity contribution in [1.29, 1.82) is 0 Å². The van der Waals surface area contributed by atoms with Gasteiger partial charge >= 0.3 is 4.87 Å². The Morgan fingerprint density at radius 2 is 1.87 bits per heavy atom. The molecular weight excluding hydrogens is 544 g/mol. The number of thioether (sulfide) groups is 1. The molecule has 38 heavy (non-hydrogen) atoms. The molecule has 4 heterocycles. The molecule has 2 aliphatic carbocycles. The number of hydrogen-bond acceptors (Lipinski definition) is 7. The van der Waals surface area contributed by atoms with Gasteiger partial charge in [0.2, 0.25) is 17.7 Å². The summed E-state index contributed by atoms with van der Waals surface area (Å²) in [5, 5.41) is 4.38. The van der Waals surface area contributed by atoms with Crippen LogP contribution in [-0.4, -0.2) is 44.4 Å². The number of fused-ring (bicyclic) bond motifs is 9. The molecule has 4 aliphatic rings. The van der Waals surface area contributed by atoms with Crippen LogP contribution < -0.4 is 10.2 Å². The van der Waals surface area contributed by atoms with Crippen molar-refractivity contribution in [3.05, 3.63) is 73.9 Å². The molecule has 8 nitrogen and oxygen atoms in total. The summed E-state index contributed by atoms with van der Waals surface area (Å²) in [5.41, 5.74) is 1.65. The summed E-state index contributed by atoms with van der Waals surface area (Å²) in [6.45, 7) is 0.0682. The number of nitrogens with zero attached hydrogens (tertiary/aromatic N) is 2. The zero-order chi connectivity index (χ0) is 26.1. The van der Waals surface area contributed by atoms with Crippen molar-refractivity contribution in [2.24, 2.45) is 29.6 Å². The Bertz CT molecular complexity index is 1510. The van der Waals surface area contributed by atoms with Gasteiger partial charge in [-0.25, -0.2) is 0 Å². The van der Waals surface area contributed by atoms with Crippen LogP contribution in [0.4, 0.5) is 5.69 Å². The number of aromatic nitrogens is 2. The second kappa shape index (κ2) is 9.07. The van der Waals surface area contributed by atoms with E-state index < -0.39 is 0 Å². The fourth-order valence-corrected chi connectivity index (χ4v) is 10.2. The van der Waals surface area contributed by atoms with Gasteiger partial charge < -0.3 is 10.3 Å². The molecule has 194 valence electrons. The number of aromatic amines is 1. The van der Waals surface area contributed by atoms with E-state index in [4.69, 9.17) is 11.6 Å². The van der Waals surface area contributed by atoms with E-state index in [1.54, 1.807) is 42.2 Å². The molecule has 1 aromatic carbocycles. The third kappa shape index (κ3) is 3.68. The first-order valence-electron chi connectivity index (χ1n) is 12.6. The van der Waals surface area contributed by atoms with Gasteiger partial charge in [-0.15, -0.1) is 11.8 Å². The average Bonchev–Trinajstić information content (AvgIpc) is 3.64. The lowest BCUT2D eigenvalue weighted by Crippen LogP contribution is -2.42. The summed E-state index contributed by atoms with van der Waals surface area (Å²) in [6, 6.07) is 10.7. The molecule has 3 amide bonds. The molecule has 3 fully saturated rings. The maximum Gasteiger partial charge on any atom is 0.305 e. The van der Waals surface area contributed by atoms with Crippen LogP contribution in [0.25, 0.3) is 0 Å². The summed E-state index contributed by atoms with van der Waals surface area (Å²) in [7, 11) is 0. The van der Waals surface area contributed by atoms with Crippen LogP contribution in [-0.2, 0) is 14.4 Å². The summed E-state index contributed by atoms with van der Waals surface area (Å²) in [6.07, 6.45) is 4.45. The number of carbonyl (C=O) groups is 3. The first-order chi connectivity index (χ1) is 18.4. The second-order valence-electron chi connectivity index (χ2n) is 10.4. The van der Waals surface area contributed by atoms with Crippen LogP contribution in [0.5, 0.6) is 0 Å². The lowest BCUT2D eigenvalue weighted by Gasteiger charge is -2.42. The van der Waals surface area contributed by atoms with Gasteiger partial charge in [0, 0.05) is 52.1 Å². The number of carbonyl (C=O) groups excluding carboxylic acids is 3. The Labute approximate surface area is 231 Å². The van der Waals surface area contributed by atoms with Crippen LogP contribution in [0.2, 0.25) is 5.02 Å². The van der Waals surface area contributed by atoms with Crippen molar-refractivity contribution in [1.82, 2.24) is 14.9 Å². The van der Waals surface area contributed by atoms with Gasteiger partial charge in [-0.3, -0.25) is 29.1 Å². The van der Waals surface area contributed by atoms with Gasteiger partial charge in [-0.2, -0.15) is 0 Å². The van der Waals surface area contributed by atoms with E-state index in [1.165, 1.54) is 16.2 Å². The molecule has 2 N–H and O–H groups in total. The van der Waals surface area contributed by atoms with E-state index in [9.17, 15) is 19.2 Å². The number of amides is 3. The number of nitrogens with one attached hydrogen (secondary N) is 2. The number of benzene rings is 1. The second-order valence-corrected chi connectivity index (χ2v) is 13.0. The Kier molecular flexibility index (Phi) is 5.75. The van der Waals surface area contributed by atoms with Crippen molar-refractivity contribution in [2.45, 2.75) is 29.0 Å². The van der Waals surface area contributed by atoms with Crippen LogP contribution in [0, 0.1) is 29.6 Å². The third-order valence-corrected chi connectivity index (χ3v) is 11.4. The predicted octanol–water partition coefficient (Wildman–Crippen LogP) is 3.99. The first-order valence-corrected chi connectivity index (χ1v) is 14.7. The lowest BCUT2D eigenvalue weighted by atomic mass is 9.68. The minimum atomic E-state index is -0.370. The van der Waals surface area contributed by atoms with E-state index in [0.29, 0.717) is 10.7 Å². The average molecular weight is 567 g/mol. The van der Waals surface area contributed by atoms with Crippen molar-refractivity contribution in [3.63, 3.8) is 0 Å². The maximum atomic E-state index is 13.6. The van der Waals surface area contributed by atoms with Crippen LogP contribution in [0.3, 0.4) is 0 Å². The Hall–Kier alpha value is -2.95. The highest BCUT2D eigenvalue weighted by molar-refractivity contribution is 8.00. The number of pyridine rings is 1. The van der Waals surface area contributed by atoms with Crippen molar-refractivity contribution >= 4 is 58.1 Å². The highest BCUT2D eigenvalue weighted by atomic mass is 35.5. The summed E-state index contributed by atoms with van der Waals surface area (Å²) in [5.74, 6) is -1.11. The highest BCUT2D eigenvalue weighted by Crippen LogP contribution is 2.68. The molecule has 2 bridgehead atoms. The molecule has 7 unspecified atom stereocenters. The fraction of sp³-hybridized carbons (Fsp3) is 0.370. The molecule has 11 heteroatoms. The Morgan fingerprint density at radius 1 is 1.11 bits per heavy atom. The molecule has 0 radical (unpaired) electrons. The third-order valence-electron chi connectivity index (χ3n) is 8.55. The largest absolute Gasteiger partial charge is 0.326 e. The van der Waals surface area contributed by atoms with Gasteiger partial charge in [0.05, 0.1) is 16.9 Å². The highest BCUT2D eigenvalue weighted by Gasteiger charge is 2.69. The molecule has 2 saturated carbocycles. The molecule has 1 saturated heterocycles. The predicted molar refractivity (Wildman–Crippen MR) is 144 cm³/mol. The van der Waals surface area contributed by atoms with Gasteiger partial charge in [0.25, 0.3) is 0 Å². The zero-order valence-corrected chi connectivity index (χ0v) is 22.4. The van der Waals surface area contributed by atoms with E-state index in [-0.39, 0.29) is 76.3 Å². The van der Waals surface area contributed by atoms with E-state index >= 15 is 0 Å². The van der Waals surface area contributed by atoms with Crippen molar-refractivity contribution in [3.8, 4) is 0 Å². The number of H-pyrrole nitrogens is 1. The van der Waals surface area contributed by atoms with E-state index in [2.05, 4.69) is 15.3 Å². The van der Waals surface area contributed by atoms with E-state index in [0.717, 1.165) is 21.9 Å². The summed E-state index contributed by atoms with van der Waals surface area (Å²) in [4.78, 5) is 61.6. The minimum absolute atomic E-state index is 0.0350. The van der Waals surface area contributed by atoms with Gasteiger partial charge in [0.15, 0.2) is 0 Å². The Balaban J connectivity index is 1.13.